The van der Waals surface area contributed by atoms with E-state index in [-0.39, 0.29) is 6.04 Å². The van der Waals surface area contributed by atoms with Gasteiger partial charge in [-0.2, -0.15) is 0 Å². The molecule has 0 fully saturated rings. The molecule has 0 saturated carbocycles. The second-order valence-electron chi connectivity index (χ2n) is 4.67. The summed E-state index contributed by atoms with van der Waals surface area (Å²) >= 11 is 1.87. The van der Waals surface area contributed by atoms with E-state index in [4.69, 9.17) is 0 Å². The summed E-state index contributed by atoms with van der Waals surface area (Å²) in [6, 6.07) is 8.55. The summed E-state index contributed by atoms with van der Waals surface area (Å²) in [5.74, 6) is 0. The standard InChI is InChI=1S/C15H16N2S/c1-9-10(2)18-11(3)14(9)15-12-6-4-5-7-13(12)16-8-17-15/h4-8,15H,1-3H3,(H,16,17). The number of aliphatic imine (C=N–C) groups is 1. The molecule has 1 aliphatic rings. The molecule has 0 spiro atoms. The summed E-state index contributed by atoms with van der Waals surface area (Å²) < 4.78 is 0. The van der Waals surface area contributed by atoms with Crippen LogP contribution < -0.4 is 5.32 Å². The van der Waals surface area contributed by atoms with Crippen molar-refractivity contribution in [2.75, 3.05) is 5.32 Å². The number of aryl methyl sites for hydroxylation is 2. The largest absolute Gasteiger partial charge is 0.346 e. The lowest BCUT2D eigenvalue weighted by Gasteiger charge is -2.22. The van der Waals surface area contributed by atoms with E-state index in [0.717, 1.165) is 0 Å². The van der Waals surface area contributed by atoms with Crippen molar-refractivity contribution in [2.24, 2.45) is 4.99 Å². The minimum Gasteiger partial charge on any atom is -0.346 e. The third-order valence-electron chi connectivity index (χ3n) is 3.59. The second kappa shape index (κ2) is 4.25. The van der Waals surface area contributed by atoms with Crippen LogP contribution in [0.3, 0.4) is 0 Å². The maximum Gasteiger partial charge on any atom is 0.105 e. The highest BCUT2D eigenvalue weighted by atomic mass is 32.1. The molecule has 0 bridgehead atoms. The van der Waals surface area contributed by atoms with Gasteiger partial charge in [-0.15, -0.1) is 11.3 Å². The first-order chi connectivity index (χ1) is 8.68. The Morgan fingerprint density at radius 1 is 1.11 bits per heavy atom. The second-order valence-corrected chi connectivity index (χ2v) is 6.09. The van der Waals surface area contributed by atoms with E-state index in [1.807, 2.05) is 17.7 Å². The Hall–Kier alpha value is -1.61. The zero-order valence-corrected chi connectivity index (χ0v) is 11.6. The van der Waals surface area contributed by atoms with Crippen LogP contribution >= 0.6 is 11.3 Å². The van der Waals surface area contributed by atoms with Gasteiger partial charge in [0.15, 0.2) is 0 Å². The monoisotopic (exact) mass is 256 g/mol. The molecule has 0 aliphatic carbocycles. The van der Waals surface area contributed by atoms with Gasteiger partial charge < -0.3 is 5.32 Å². The van der Waals surface area contributed by atoms with Gasteiger partial charge in [0.05, 0.1) is 6.34 Å². The zero-order valence-electron chi connectivity index (χ0n) is 10.8. The normalized spacial score (nSPS) is 17.4. The number of nitrogens with zero attached hydrogens (tertiary/aromatic N) is 1. The van der Waals surface area contributed by atoms with E-state index in [0.29, 0.717) is 0 Å². The molecular weight excluding hydrogens is 240 g/mol. The highest BCUT2D eigenvalue weighted by Crippen LogP contribution is 2.40. The van der Waals surface area contributed by atoms with E-state index < -0.39 is 0 Å². The Morgan fingerprint density at radius 3 is 2.61 bits per heavy atom. The molecule has 1 aliphatic heterocycles. The first-order valence-electron chi connectivity index (χ1n) is 6.12. The van der Waals surface area contributed by atoms with Crippen molar-refractivity contribution in [3.05, 3.63) is 50.7 Å². The van der Waals surface area contributed by atoms with Crippen molar-refractivity contribution in [1.82, 2.24) is 0 Å². The molecule has 1 atom stereocenters. The first-order valence-corrected chi connectivity index (χ1v) is 6.93. The lowest BCUT2D eigenvalue weighted by molar-refractivity contribution is 0.858. The number of hydrogen-bond acceptors (Lipinski definition) is 3. The van der Waals surface area contributed by atoms with Crippen LogP contribution in [0.5, 0.6) is 0 Å². The van der Waals surface area contributed by atoms with Gasteiger partial charge in [0, 0.05) is 21.0 Å². The van der Waals surface area contributed by atoms with Crippen molar-refractivity contribution in [3.8, 4) is 0 Å². The Kier molecular flexibility index (Phi) is 2.71. The van der Waals surface area contributed by atoms with Crippen LogP contribution in [0.2, 0.25) is 0 Å². The predicted octanol–water partition coefficient (Wildman–Crippen LogP) is 4.22. The Labute approximate surface area is 111 Å². The summed E-state index contributed by atoms with van der Waals surface area (Å²) in [6.07, 6.45) is 1.82. The van der Waals surface area contributed by atoms with E-state index in [9.17, 15) is 0 Å². The third-order valence-corrected chi connectivity index (χ3v) is 4.73. The minimum absolute atomic E-state index is 0.146. The summed E-state index contributed by atoms with van der Waals surface area (Å²) in [7, 11) is 0. The number of para-hydroxylation sites is 1. The van der Waals surface area contributed by atoms with Crippen LogP contribution in [0, 0.1) is 20.8 Å². The lowest BCUT2D eigenvalue weighted by Crippen LogP contribution is -2.12. The molecule has 1 N–H and O–H groups in total. The van der Waals surface area contributed by atoms with Gasteiger partial charge >= 0.3 is 0 Å². The molecule has 92 valence electrons. The zero-order chi connectivity index (χ0) is 12.7. The van der Waals surface area contributed by atoms with Gasteiger partial charge in [0.2, 0.25) is 0 Å². The Bertz CT molecular complexity index is 625. The van der Waals surface area contributed by atoms with E-state index >= 15 is 0 Å². The molecule has 1 unspecified atom stereocenters. The fourth-order valence-corrected chi connectivity index (χ4v) is 3.67. The van der Waals surface area contributed by atoms with Crippen LogP contribution in [0.25, 0.3) is 0 Å². The Balaban J connectivity index is 2.18. The Morgan fingerprint density at radius 2 is 1.89 bits per heavy atom. The topological polar surface area (TPSA) is 24.4 Å². The van der Waals surface area contributed by atoms with Crippen LogP contribution in [0.15, 0.2) is 29.3 Å². The van der Waals surface area contributed by atoms with Crippen LogP contribution in [-0.2, 0) is 0 Å². The van der Waals surface area contributed by atoms with Crippen molar-refractivity contribution >= 4 is 23.4 Å². The lowest BCUT2D eigenvalue weighted by atomic mass is 9.94. The molecule has 2 nitrogen and oxygen atoms in total. The number of anilines is 1. The fraction of sp³-hybridized carbons (Fsp3) is 0.267. The first kappa shape index (κ1) is 11.5. The average Bonchev–Trinajstić information content (AvgIpc) is 2.63. The number of benzene rings is 1. The molecular formula is C15H16N2S. The van der Waals surface area contributed by atoms with Gasteiger partial charge in [0.1, 0.15) is 6.04 Å². The number of hydrogen-bond donors (Lipinski definition) is 1. The van der Waals surface area contributed by atoms with Crippen LogP contribution in [0.4, 0.5) is 5.69 Å². The maximum absolute atomic E-state index is 4.65. The summed E-state index contributed by atoms with van der Waals surface area (Å²) in [6.45, 7) is 6.59. The fourth-order valence-electron chi connectivity index (χ4n) is 2.57. The van der Waals surface area contributed by atoms with Crippen LogP contribution in [-0.4, -0.2) is 6.34 Å². The molecule has 18 heavy (non-hydrogen) atoms. The molecule has 2 aromatic rings. The molecule has 3 rings (SSSR count). The van der Waals surface area contributed by atoms with Gasteiger partial charge in [-0.1, -0.05) is 18.2 Å². The van der Waals surface area contributed by atoms with E-state index in [1.165, 1.54) is 32.1 Å². The van der Waals surface area contributed by atoms with Crippen molar-refractivity contribution in [2.45, 2.75) is 26.8 Å². The smallest absolute Gasteiger partial charge is 0.105 e. The minimum atomic E-state index is 0.146. The van der Waals surface area contributed by atoms with Crippen molar-refractivity contribution in [3.63, 3.8) is 0 Å². The van der Waals surface area contributed by atoms with Crippen molar-refractivity contribution < 1.29 is 0 Å². The molecule has 0 saturated heterocycles. The molecule has 1 aromatic carbocycles. The predicted molar refractivity (Wildman–Crippen MR) is 78.9 cm³/mol. The van der Waals surface area contributed by atoms with E-state index in [1.54, 1.807) is 0 Å². The van der Waals surface area contributed by atoms with Crippen LogP contribution in [0.1, 0.15) is 32.5 Å². The van der Waals surface area contributed by atoms with Gasteiger partial charge in [-0.25, -0.2) is 0 Å². The number of rotatable bonds is 1. The van der Waals surface area contributed by atoms with Crippen molar-refractivity contribution in [1.29, 1.82) is 0 Å². The number of fused-ring (bicyclic) bond motifs is 1. The SMILES string of the molecule is Cc1sc(C)c(C2N=CNc3ccccc32)c1C. The highest BCUT2D eigenvalue weighted by Gasteiger charge is 2.24. The summed E-state index contributed by atoms with van der Waals surface area (Å²) in [4.78, 5) is 7.42. The molecule has 3 heteroatoms. The van der Waals surface area contributed by atoms with E-state index in [2.05, 4.69) is 55.3 Å². The average molecular weight is 256 g/mol. The molecule has 0 amide bonds. The summed E-state index contributed by atoms with van der Waals surface area (Å²) in [5, 5.41) is 3.22. The molecule has 2 heterocycles. The maximum atomic E-state index is 4.65. The number of nitrogens with one attached hydrogen (secondary N) is 1. The molecule has 0 radical (unpaired) electrons. The third kappa shape index (κ3) is 1.66. The van der Waals surface area contributed by atoms with Gasteiger partial charge in [-0.05, 0) is 38.0 Å². The number of thiophene rings is 1. The summed E-state index contributed by atoms with van der Waals surface area (Å²) in [5.41, 5.74) is 5.20. The highest BCUT2D eigenvalue weighted by molar-refractivity contribution is 7.12. The van der Waals surface area contributed by atoms with Gasteiger partial charge in [0.25, 0.3) is 0 Å². The van der Waals surface area contributed by atoms with Gasteiger partial charge in [-0.3, -0.25) is 4.99 Å². The molecule has 1 aromatic heterocycles. The quantitative estimate of drug-likeness (QED) is 0.811.